The summed E-state index contributed by atoms with van der Waals surface area (Å²) >= 11 is 0. The van der Waals surface area contributed by atoms with Crippen LogP contribution in [0.25, 0.3) is 0 Å². The highest BCUT2D eigenvalue weighted by Crippen LogP contribution is 2.31. The number of aliphatic imine (C=N–C) groups is 1. The summed E-state index contributed by atoms with van der Waals surface area (Å²) in [6, 6.07) is 4.80. The number of benzene rings is 1. The summed E-state index contributed by atoms with van der Waals surface area (Å²) in [5.74, 6) is 0.786. The summed E-state index contributed by atoms with van der Waals surface area (Å²) in [5.41, 5.74) is -0.927. The predicted octanol–water partition coefficient (Wildman–Crippen LogP) is 4.15. The number of hydrogen-bond donors (Lipinski definition) is 0. The molecule has 10 heteroatoms. The Kier molecular flexibility index (Phi) is 10.2. The third-order valence-corrected chi connectivity index (χ3v) is 3.89. The first-order valence-corrected chi connectivity index (χ1v) is 10.6. The molecule has 0 aliphatic heterocycles. The minimum atomic E-state index is -0.588. The van der Waals surface area contributed by atoms with Crippen LogP contribution in [0.2, 0.25) is 0 Å². The maximum absolute atomic E-state index is 12.0. The number of hydrogen-bond acceptors (Lipinski definition) is 8. The molecule has 0 radical (unpaired) electrons. The van der Waals surface area contributed by atoms with Crippen molar-refractivity contribution in [3.05, 3.63) is 18.2 Å². The van der Waals surface area contributed by atoms with Gasteiger partial charge in [0.1, 0.15) is 41.6 Å². The lowest BCUT2D eigenvalue weighted by atomic mass is 10.2. The van der Waals surface area contributed by atoms with Gasteiger partial charge in [0.15, 0.2) is 0 Å². The van der Waals surface area contributed by atoms with Crippen LogP contribution in [0.15, 0.2) is 23.2 Å². The van der Waals surface area contributed by atoms with Gasteiger partial charge in [-0.05, 0) is 53.7 Å². The van der Waals surface area contributed by atoms with Crippen LogP contribution in [0.1, 0.15) is 41.5 Å². The fraction of sp³-hybridized carbons (Fsp3) is 0.609. The molecule has 0 aromatic heterocycles. The lowest BCUT2D eigenvalue weighted by Gasteiger charge is -2.24. The third-order valence-electron chi connectivity index (χ3n) is 3.89. The van der Waals surface area contributed by atoms with Crippen molar-refractivity contribution >= 4 is 24.0 Å². The van der Waals surface area contributed by atoms with Gasteiger partial charge in [-0.3, -0.25) is 0 Å². The summed E-state index contributed by atoms with van der Waals surface area (Å²) in [7, 11) is 3.22. The Balaban J connectivity index is 2.63. The van der Waals surface area contributed by atoms with Gasteiger partial charge in [-0.25, -0.2) is 14.4 Å². The van der Waals surface area contributed by atoms with Gasteiger partial charge in [0, 0.05) is 20.2 Å². The van der Waals surface area contributed by atoms with Crippen LogP contribution in [-0.2, 0) is 14.3 Å². The van der Waals surface area contributed by atoms with Gasteiger partial charge in [-0.1, -0.05) is 0 Å². The van der Waals surface area contributed by atoms with E-state index in [1.165, 1.54) is 21.9 Å². The fourth-order valence-corrected chi connectivity index (χ4v) is 2.30. The van der Waals surface area contributed by atoms with E-state index in [2.05, 4.69) is 4.99 Å². The zero-order valence-corrected chi connectivity index (χ0v) is 20.8. The van der Waals surface area contributed by atoms with Crippen LogP contribution in [-0.4, -0.2) is 79.7 Å². The van der Waals surface area contributed by atoms with Gasteiger partial charge in [-0.2, -0.15) is 4.99 Å². The van der Waals surface area contributed by atoms with E-state index in [0.717, 1.165) is 0 Å². The van der Waals surface area contributed by atoms with Gasteiger partial charge in [-0.15, -0.1) is 0 Å². The molecule has 0 saturated carbocycles. The van der Waals surface area contributed by atoms with E-state index in [1.54, 1.807) is 67.8 Å². The topological polar surface area (TPSA) is 107 Å². The van der Waals surface area contributed by atoms with Crippen molar-refractivity contribution in [2.75, 3.05) is 40.4 Å². The maximum Gasteiger partial charge on any atom is 0.410 e. The molecule has 33 heavy (non-hydrogen) atoms. The van der Waals surface area contributed by atoms with Crippen molar-refractivity contribution in [2.45, 2.75) is 52.7 Å². The molecule has 0 atom stereocenters. The zero-order valence-electron chi connectivity index (χ0n) is 20.8. The van der Waals surface area contributed by atoms with E-state index >= 15 is 0 Å². The minimum Gasteiger partial charge on any atom is -0.492 e. The molecular formula is C23H35N3O7. The van der Waals surface area contributed by atoms with E-state index in [4.69, 9.17) is 18.9 Å². The van der Waals surface area contributed by atoms with Crippen molar-refractivity contribution in [1.82, 2.24) is 9.80 Å². The molecule has 10 nitrogen and oxygen atoms in total. The summed E-state index contributed by atoms with van der Waals surface area (Å²) in [5, 5.41) is 0. The Bertz CT molecular complexity index is 853. The highest BCUT2D eigenvalue weighted by atomic mass is 16.6. The summed E-state index contributed by atoms with van der Waals surface area (Å²) in [6.45, 7) is 11.7. The molecule has 184 valence electrons. The number of carbonyl (C=O) groups is 2. The molecule has 0 N–H and O–H groups in total. The standard InChI is InChI=1S/C23H35N3O7/c1-22(2,3)32-20(28)25(7)11-13-30-17-9-10-19(18(15-17)24-16-27)31-14-12-26(8)21(29)33-23(4,5)6/h9-10,15H,11-14H2,1-8H3. The Morgan fingerprint density at radius 2 is 1.36 bits per heavy atom. The lowest BCUT2D eigenvalue weighted by Crippen LogP contribution is -2.36. The molecule has 1 aromatic rings. The normalized spacial score (nSPS) is 11.2. The Morgan fingerprint density at radius 3 is 1.82 bits per heavy atom. The fourth-order valence-electron chi connectivity index (χ4n) is 2.30. The van der Waals surface area contributed by atoms with E-state index in [-0.39, 0.29) is 25.4 Å². The van der Waals surface area contributed by atoms with E-state index in [0.29, 0.717) is 18.0 Å². The molecular weight excluding hydrogens is 430 g/mol. The minimum absolute atomic E-state index is 0.165. The van der Waals surface area contributed by atoms with E-state index in [1.807, 2.05) is 0 Å². The van der Waals surface area contributed by atoms with Gasteiger partial charge in [0.25, 0.3) is 0 Å². The van der Waals surface area contributed by atoms with E-state index < -0.39 is 23.4 Å². The largest absolute Gasteiger partial charge is 0.492 e. The van der Waals surface area contributed by atoms with Crippen LogP contribution < -0.4 is 9.47 Å². The number of rotatable bonds is 9. The van der Waals surface area contributed by atoms with Crippen molar-refractivity contribution in [2.24, 2.45) is 4.99 Å². The Morgan fingerprint density at radius 1 is 0.879 bits per heavy atom. The van der Waals surface area contributed by atoms with Crippen molar-refractivity contribution < 1.29 is 33.3 Å². The number of ether oxygens (including phenoxy) is 4. The first-order valence-electron chi connectivity index (χ1n) is 10.6. The summed E-state index contributed by atoms with van der Waals surface area (Å²) in [6.07, 6.45) is 0.584. The van der Waals surface area contributed by atoms with Gasteiger partial charge < -0.3 is 28.7 Å². The number of isocyanates is 1. The quantitative estimate of drug-likeness (QED) is 0.398. The van der Waals surface area contributed by atoms with Crippen molar-refractivity contribution in [1.29, 1.82) is 0 Å². The molecule has 2 amide bonds. The average molecular weight is 466 g/mol. The lowest BCUT2D eigenvalue weighted by molar-refractivity contribution is 0.0268. The second-order valence-corrected chi connectivity index (χ2v) is 9.33. The number of nitrogens with zero attached hydrogens (tertiary/aromatic N) is 3. The van der Waals surface area contributed by atoms with Crippen molar-refractivity contribution in [3.8, 4) is 11.5 Å². The molecule has 1 rings (SSSR count). The van der Waals surface area contributed by atoms with Gasteiger partial charge in [0.05, 0.1) is 13.1 Å². The number of likely N-dealkylation sites (N-methyl/N-ethyl adjacent to an activating group) is 2. The summed E-state index contributed by atoms with van der Waals surface area (Å²) in [4.78, 5) is 41.3. The maximum atomic E-state index is 12.0. The number of carbonyl (C=O) groups excluding carboxylic acids is 3. The number of amides is 2. The highest BCUT2D eigenvalue weighted by Gasteiger charge is 2.20. The molecule has 0 heterocycles. The monoisotopic (exact) mass is 465 g/mol. The highest BCUT2D eigenvalue weighted by molar-refractivity contribution is 5.68. The van der Waals surface area contributed by atoms with Crippen LogP contribution in [0.5, 0.6) is 11.5 Å². The van der Waals surface area contributed by atoms with Crippen LogP contribution in [0.4, 0.5) is 15.3 Å². The molecule has 0 spiro atoms. The first kappa shape index (κ1) is 27.8. The molecule has 0 aliphatic rings. The van der Waals surface area contributed by atoms with Gasteiger partial charge >= 0.3 is 12.2 Å². The molecule has 1 aromatic carbocycles. The molecule has 0 saturated heterocycles. The Hall–Kier alpha value is -3.26. The summed E-state index contributed by atoms with van der Waals surface area (Å²) < 4.78 is 21.9. The zero-order chi connectivity index (χ0) is 25.2. The van der Waals surface area contributed by atoms with E-state index in [9.17, 15) is 14.4 Å². The molecule has 0 aliphatic carbocycles. The molecule has 0 unspecified atom stereocenters. The van der Waals surface area contributed by atoms with Crippen LogP contribution in [0.3, 0.4) is 0 Å². The second kappa shape index (κ2) is 12.1. The van der Waals surface area contributed by atoms with Crippen LogP contribution in [0, 0.1) is 0 Å². The van der Waals surface area contributed by atoms with Crippen LogP contribution >= 0.6 is 0 Å². The second-order valence-electron chi connectivity index (χ2n) is 9.33. The van der Waals surface area contributed by atoms with Gasteiger partial charge in [0.2, 0.25) is 6.08 Å². The predicted molar refractivity (Wildman–Crippen MR) is 123 cm³/mol. The molecule has 0 fully saturated rings. The third kappa shape index (κ3) is 11.2. The Labute approximate surface area is 195 Å². The SMILES string of the molecule is CN(CCOc1ccc(OCCN(C)C(=O)OC(C)(C)C)c(N=C=O)c1)C(=O)OC(C)(C)C. The molecule has 0 bridgehead atoms. The smallest absolute Gasteiger partial charge is 0.410 e. The first-order chi connectivity index (χ1) is 15.2. The van der Waals surface area contributed by atoms with Crippen molar-refractivity contribution in [3.63, 3.8) is 0 Å². The average Bonchev–Trinajstić information content (AvgIpc) is 2.66.